The number of nitrogens with zero attached hydrogens (tertiary/aromatic N) is 2. The van der Waals surface area contributed by atoms with E-state index < -0.39 is 0 Å². The Balaban J connectivity index is 1.59. The number of carbonyl (C=O) groups is 1. The first-order valence-corrected chi connectivity index (χ1v) is 10.3. The molecule has 0 spiro atoms. The van der Waals surface area contributed by atoms with Gasteiger partial charge >= 0.3 is 0 Å². The normalized spacial score (nSPS) is 11.9. The summed E-state index contributed by atoms with van der Waals surface area (Å²) in [6, 6.07) is 14.1. The summed E-state index contributed by atoms with van der Waals surface area (Å²) in [6.07, 6.45) is 0. The van der Waals surface area contributed by atoms with Crippen LogP contribution < -0.4 is 10.6 Å². The summed E-state index contributed by atoms with van der Waals surface area (Å²) in [5.41, 5.74) is 5.23. The van der Waals surface area contributed by atoms with E-state index in [0.717, 1.165) is 21.3 Å². The van der Waals surface area contributed by atoms with Gasteiger partial charge in [0.2, 0.25) is 11.0 Å². The fourth-order valence-electron chi connectivity index (χ4n) is 2.55. The molecule has 3 aromatic rings. The molecule has 1 atom stereocenters. The van der Waals surface area contributed by atoms with E-state index in [2.05, 4.69) is 26.9 Å². The van der Waals surface area contributed by atoms with Gasteiger partial charge in [0.1, 0.15) is 0 Å². The van der Waals surface area contributed by atoms with Gasteiger partial charge in [-0.3, -0.25) is 4.79 Å². The molecule has 140 valence electrons. The minimum absolute atomic E-state index is 0.0460. The van der Waals surface area contributed by atoms with Gasteiger partial charge in [-0.1, -0.05) is 52.9 Å². The lowest BCUT2D eigenvalue weighted by Crippen LogP contribution is -2.22. The van der Waals surface area contributed by atoms with Crippen molar-refractivity contribution in [3.05, 3.63) is 59.2 Å². The Hall–Kier alpha value is -2.38. The Kier molecular flexibility index (Phi) is 6.13. The zero-order valence-corrected chi connectivity index (χ0v) is 17.4. The molecular weight excluding hydrogens is 376 g/mol. The number of carbonyl (C=O) groups excluding carboxylic acids is 1. The van der Waals surface area contributed by atoms with Crippen LogP contribution in [0, 0.1) is 20.8 Å². The summed E-state index contributed by atoms with van der Waals surface area (Å²) in [7, 11) is 0. The van der Waals surface area contributed by atoms with Crippen LogP contribution in [0.15, 0.2) is 46.8 Å². The lowest BCUT2D eigenvalue weighted by Gasteiger charge is -2.12. The van der Waals surface area contributed by atoms with E-state index in [9.17, 15) is 4.79 Å². The van der Waals surface area contributed by atoms with Gasteiger partial charge in [-0.2, -0.15) is 0 Å². The van der Waals surface area contributed by atoms with Gasteiger partial charge in [-0.05, 0) is 57.0 Å². The highest BCUT2D eigenvalue weighted by Crippen LogP contribution is 2.31. The third kappa shape index (κ3) is 5.30. The van der Waals surface area contributed by atoms with Crippen LogP contribution in [0.5, 0.6) is 0 Å². The minimum Gasteiger partial charge on any atom is -0.330 e. The van der Waals surface area contributed by atoms with Crippen LogP contribution in [0.3, 0.4) is 0 Å². The molecule has 7 heteroatoms. The predicted octanol–water partition coefficient (Wildman–Crippen LogP) is 5.33. The van der Waals surface area contributed by atoms with Gasteiger partial charge in [0.15, 0.2) is 4.34 Å². The quantitative estimate of drug-likeness (QED) is 0.550. The molecule has 0 saturated heterocycles. The first-order chi connectivity index (χ1) is 12.9. The average molecular weight is 399 g/mol. The van der Waals surface area contributed by atoms with E-state index in [1.807, 2.05) is 64.1 Å². The van der Waals surface area contributed by atoms with Crippen molar-refractivity contribution < 1.29 is 4.79 Å². The van der Waals surface area contributed by atoms with E-state index in [-0.39, 0.29) is 11.2 Å². The fourth-order valence-corrected chi connectivity index (χ4v) is 4.46. The minimum atomic E-state index is -0.273. The number of hydrogen-bond acceptors (Lipinski definition) is 6. The van der Waals surface area contributed by atoms with Crippen molar-refractivity contribution in [3.8, 4) is 0 Å². The van der Waals surface area contributed by atoms with Gasteiger partial charge in [0.25, 0.3) is 0 Å². The Morgan fingerprint density at radius 2 is 1.85 bits per heavy atom. The number of nitrogens with one attached hydrogen (secondary N) is 2. The van der Waals surface area contributed by atoms with Crippen molar-refractivity contribution in [3.63, 3.8) is 0 Å². The number of aryl methyl sites for hydroxylation is 3. The molecule has 0 fully saturated rings. The molecule has 2 aromatic carbocycles. The van der Waals surface area contributed by atoms with Crippen molar-refractivity contribution in [1.82, 2.24) is 10.2 Å². The zero-order valence-electron chi connectivity index (χ0n) is 15.7. The number of amides is 1. The number of aromatic nitrogens is 2. The standard InChI is InChI=1S/C20H22N4OS2/c1-12-6-5-7-16(11-12)21-19-23-24-20(27-19)26-15(4)18(25)22-17-9-8-13(2)10-14(17)3/h5-11,15H,1-4H3,(H,21,23)(H,22,25). The Morgan fingerprint density at radius 1 is 1.07 bits per heavy atom. The van der Waals surface area contributed by atoms with Crippen molar-refractivity contribution >= 4 is 45.5 Å². The fraction of sp³-hybridized carbons (Fsp3) is 0.250. The Morgan fingerprint density at radius 3 is 2.59 bits per heavy atom. The molecule has 0 saturated carbocycles. The first kappa shape index (κ1) is 19.4. The number of anilines is 3. The van der Waals surface area contributed by atoms with Crippen LogP contribution >= 0.6 is 23.1 Å². The highest BCUT2D eigenvalue weighted by Gasteiger charge is 2.18. The third-order valence-electron chi connectivity index (χ3n) is 3.96. The van der Waals surface area contributed by atoms with Crippen molar-refractivity contribution in [2.24, 2.45) is 0 Å². The van der Waals surface area contributed by atoms with Crippen molar-refractivity contribution in [2.45, 2.75) is 37.3 Å². The van der Waals surface area contributed by atoms with Gasteiger partial charge in [0, 0.05) is 11.4 Å². The maximum atomic E-state index is 12.5. The summed E-state index contributed by atoms with van der Waals surface area (Å²) < 4.78 is 0.758. The molecule has 0 aliphatic carbocycles. The molecule has 2 N–H and O–H groups in total. The molecule has 0 aliphatic heterocycles. The second-order valence-corrected chi connectivity index (χ2v) is 9.00. The maximum absolute atomic E-state index is 12.5. The van der Waals surface area contributed by atoms with Crippen LogP contribution in [0.2, 0.25) is 0 Å². The highest BCUT2D eigenvalue weighted by molar-refractivity contribution is 8.02. The van der Waals surface area contributed by atoms with Crippen LogP contribution in [0.4, 0.5) is 16.5 Å². The molecule has 0 bridgehead atoms. The van der Waals surface area contributed by atoms with Crippen LogP contribution in [-0.2, 0) is 4.79 Å². The molecule has 1 amide bonds. The number of rotatable bonds is 6. The van der Waals surface area contributed by atoms with Crippen LogP contribution in [0.25, 0.3) is 0 Å². The Bertz CT molecular complexity index is 955. The van der Waals surface area contributed by atoms with E-state index in [1.54, 1.807) is 0 Å². The van der Waals surface area contributed by atoms with E-state index in [1.165, 1.54) is 34.2 Å². The first-order valence-electron chi connectivity index (χ1n) is 8.62. The monoisotopic (exact) mass is 398 g/mol. The summed E-state index contributed by atoms with van der Waals surface area (Å²) in [5, 5.41) is 15.0. The lowest BCUT2D eigenvalue weighted by atomic mass is 10.1. The topological polar surface area (TPSA) is 66.9 Å². The summed E-state index contributed by atoms with van der Waals surface area (Å²) in [6.45, 7) is 7.95. The van der Waals surface area contributed by atoms with Crippen LogP contribution in [-0.4, -0.2) is 21.4 Å². The molecular formula is C20H22N4OS2. The molecule has 0 aliphatic rings. The molecule has 1 heterocycles. The van der Waals surface area contributed by atoms with Gasteiger partial charge in [-0.15, -0.1) is 10.2 Å². The van der Waals surface area contributed by atoms with Gasteiger partial charge < -0.3 is 10.6 Å². The van der Waals surface area contributed by atoms with E-state index in [4.69, 9.17) is 0 Å². The van der Waals surface area contributed by atoms with E-state index in [0.29, 0.717) is 5.13 Å². The second-order valence-electron chi connectivity index (χ2n) is 6.44. The van der Waals surface area contributed by atoms with Crippen molar-refractivity contribution in [1.29, 1.82) is 0 Å². The highest BCUT2D eigenvalue weighted by atomic mass is 32.2. The molecule has 0 radical (unpaired) electrons. The summed E-state index contributed by atoms with van der Waals surface area (Å²) >= 11 is 2.85. The third-order valence-corrected chi connectivity index (χ3v) is 5.99. The lowest BCUT2D eigenvalue weighted by molar-refractivity contribution is -0.115. The molecule has 27 heavy (non-hydrogen) atoms. The summed E-state index contributed by atoms with van der Waals surface area (Å²) in [4.78, 5) is 12.5. The van der Waals surface area contributed by atoms with E-state index >= 15 is 0 Å². The molecule has 1 aromatic heterocycles. The largest absolute Gasteiger partial charge is 0.330 e. The van der Waals surface area contributed by atoms with Crippen molar-refractivity contribution in [2.75, 3.05) is 10.6 Å². The molecule has 5 nitrogen and oxygen atoms in total. The van der Waals surface area contributed by atoms with Crippen LogP contribution in [0.1, 0.15) is 23.6 Å². The smallest absolute Gasteiger partial charge is 0.237 e. The second kappa shape index (κ2) is 8.54. The summed E-state index contributed by atoms with van der Waals surface area (Å²) in [5.74, 6) is -0.0460. The molecule has 1 unspecified atom stereocenters. The molecule has 3 rings (SSSR count). The Labute approximate surface area is 167 Å². The van der Waals surface area contributed by atoms with Gasteiger partial charge in [-0.25, -0.2) is 0 Å². The number of benzene rings is 2. The van der Waals surface area contributed by atoms with Gasteiger partial charge in [0.05, 0.1) is 5.25 Å². The number of thioether (sulfide) groups is 1. The predicted molar refractivity (Wildman–Crippen MR) is 114 cm³/mol. The average Bonchev–Trinajstić information content (AvgIpc) is 3.04. The number of hydrogen-bond donors (Lipinski definition) is 2. The SMILES string of the molecule is Cc1cccc(Nc2nnc(SC(C)C(=O)Nc3ccc(C)cc3C)s2)c1. The zero-order chi connectivity index (χ0) is 19.4. The maximum Gasteiger partial charge on any atom is 0.237 e.